The summed E-state index contributed by atoms with van der Waals surface area (Å²) in [6.07, 6.45) is 1.96. The molecule has 1 aliphatic rings. The number of halogens is 2. The molecule has 1 fully saturated rings. The second kappa shape index (κ2) is 7.61. The fourth-order valence-corrected chi connectivity index (χ4v) is 3.20. The zero-order chi connectivity index (χ0) is 17.8. The summed E-state index contributed by atoms with van der Waals surface area (Å²) in [5.74, 6) is -1.37. The third-order valence-electron chi connectivity index (χ3n) is 4.39. The number of carbonyl (C=O) groups is 1. The van der Waals surface area contributed by atoms with E-state index in [2.05, 4.69) is 10.2 Å². The van der Waals surface area contributed by atoms with E-state index < -0.39 is 11.6 Å². The van der Waals surface area contributed by atoms with Gasteiger partial charge in [0.1, 0.15) is 5.75 Å². The number of nitrogens with one attached hydrogen (secondary N) is 1. The number of ether oxygens (including phenoxy) is 1. The average Bonchev–Trinajstić information content (AvgIpc) is 3.06. The van der Waals surface area contributed by atoms with Crippen LogP contribution in [-0.2, 0) is 4.79 Å². The van der Waals surface area contributed by atoms with Gasteiger partial charge in [0, 0.05) is 17.8 Å². The minimum absolute atomic E-state index is 0.144. The van der Waals surface area contributed by atoms with Gasteiger partial charge in [-0.2, -0.15) is 0 Å². The Morgan fingerprint density at radius 1 is 1.24 bits per heavy atom. The van der Waals surface area contributed by atoms with Crippen molar-refractivity contribution in [2.75, 3.05) is 25.5 Å². The van der Waals surface area contributed by atoms with Crippen LogP contribution in [0.3, 0.4) is 0 Å². The molecule has 1 aliphatic heterocycles. The number of hydrogen-bond acceptors (Lipinski definition) is 3. The number of nitrogens with zero attached hydrogens (tertiary/aromatic N) is 1. The Labute approximate surface area is 145 Å². The van der Waals surface area contributed by atoms with Crippen LogP contribution in [0.4, 0.5) is 14.5 Å². The summed E-state index contributed by atoms with van der Waals surface area (Å²) in [6, 6.07) is 11.3. The maximum Gasteiger partial charge on any atom is 0.238 e. The number of rotatable bonds is 5. The standard InChI is InChI=1S/C19H20F2N2O2/c1-25-15-5-2-4-13(10-15)18-6-3-9-23(18)12-19(24)22-14-7-8-16(20)17(21)11-14/h2,4-5,7-8,10-11,18H,3,6,9,12H2,1H3,(H,22,24)/t18-/m0/s1. The first-order valence-electron chi connectivity index (χ1n) is 8.19. The first-order valence-corrected chi connectivity index (χ1v) is 8.19. The van der Waals surface area contributed by atoms with Gasteiger partial charge < -0.3 is 10.1 Å². The largest absolute Gasteiger partial charge is 0.497 e. The molecule has 6 heteroatoms. The maximum atomic E-state index is 13.2. The van der Waals surface area contributed by atoms with Gasteiger partial charge in [-0.05, 0) is 49.2 Å². The van der Waals surface area contributed by atoms with E-state index >= 15 is 0 Å². The van der Waals surface area contributed by atoms with E-state index in [1.807, 2.05) is 24.3 Å². The zero-order valence-corrected chi connectivity index (χ0v) is 14.0. The van der Waals surface area contributed by atoms with Crippen molar-refractivity contribution in [3.63, 3.8) is 0 Å². The van der Waals surface area contributed by atoms with E-state index in [0.29, 0.717) is 0 Å². The lowest BCUT2D eigenvalue weighted by atomic mass is 10.0. The number of methoxy groups -OCH3 is 1. The smallest absolute Gasteiger partial charge is 0.238 e. The number of carbonyl (C=O) groups excluding carboxylic acids is 1. The molecule has 1 heterocycles. The lowest BCUT2D eigenvalue weighted by Gasteiger charge is -2.24. The third kappa shape index (κ3) is 4.14. The summed E-state index contributed by atoms with van der Waals surface area (Å²) >= 11 is 0. The molecule has 0 radical (unpaired) electrons. The zero-order valence-electron chi connectivity index (χ0n) is 14.0. The van der Waals surface area contributed by atoms with Crippen molar-refractivity contribution in [1.82, 2.24) is 4.90 Å². The van der Waals surface area contributed by atoms with Crippen molar-refractivity contribution >= 4 is 11.6 Å². The molecule has 0 aromatic heterocycles. The molecular weight excluding hydrogens is 326 g/mol. The lowest BCUT2D eigenvalue weighted by molar-refractivity contribution is -0.117. The summed E-state index contributed by atoms with van der Waals surface area (Å²) in [4.78, 5) is 14.4. The molecule has 25 heavy (non-hydrogen) atoms. The second-order valence-corrected chi connectivity index (χ2v) is 6.08. The fourth-order valence-electron chi connectivity index (χ4n) is 3.20. The van der Waals surface area contributed by atoms with Gasteiger partial charge in [0.15, 0.2) is 11.6 Å². The molecular formula is C19H20F2N2O2. The van der Waals surface area contributed by atoms with Crippen LogP contribution in [0.1, 0.15) is 24.4 Å². The van der Waals surface area contributed by atoms with Crippen LogP contribution in [0, 0.1) is 11.6 Å². The van der Waals surface area contributed by atoms with Crippen LogP contribution >= 0.6 is 0 Å². The molecule has 3 rings (SSSR count). The molecule has 0 spiro atoms. The van der Waals surface area contributed by atoms with Gasteiger partial charge in [0.05, 0.1) is 13.7 Å². The summed E-state index contributed by atoms with van der Waals surface area (Å²) in [5, 5.41) is 2.62. The molecule has 1 amide bonds. The Morgan fingerprint density at radius 2 is 2.08 bits per heavy atom. The van der Waals surface area contributed by atoms with E-state index in [0.717, 1.165) is 42.8 Å². The monoisotopic (exact) mass is 346 g/mol. The third-order valence-corrected chi connectivity index (χ3v) is 4.39. The second-order valence-electron chi connectivity index (χ2n) is 6.08. The normalized spacial score (nSPS) is 17.5. The number of benzene rings is 2. The molecule has 0 aliphatic carbocycles. The molecule has 0 unspecified atom stereocenters. The Kier molecular flexibility index (Phi) is 5.28. The summed E-state index contributed by atoms with van der Waals surface area (Å²) in [7, 11) is 1.63. The highest BCUT2D eigenvalue weighted by atomic mass is 19.2. The molecule has 0 bridgehead atoms. The molecule has 2 aromatic carbocycles. The Morgan fingerprint density at radius 3 is 2.84 bits per heavy atom. The predicted molar refractivity (Wildman–Crippen MR) is 91.5 cm³/mol. The quantitative estimate of drug-likeness (QED) is 0.896. The highest BCUT2D eigenvalue weighted by Crippen LogP contribution is 2.33. The summed E-state index contributed by atoms with van der Waals surface area (Å²) < 4.78 is 31.5. The van der Waals surface area contributed by atoms with Crippen molar-refractivity contribution < 1.29 is 18.3 Å². The van der Waals surface area contributed by atoms with E-state index in [1.165, 1.54) is 6.07 Å². The number of hydrogen-bond donors (Lipinski definition) is 1. The first kappa shape index (κ1) is 17.4. The molecule has 132 valence electrons. The first-order chi connectivity index (χ1) is 12.1. The van der Waals surface area contributed by atoms with Gasteiger partial charge >= 0.3 is 0 Å². The molecule has 2 aromatic rings. The Balaban J connectivity index is 1.66. The van der Waals surface area contributed by atoms with Gasteiger partial charge in [0.2, 0.25) is 5.91 Å². The number of anilines is 1. The van der Waals surface area contributed by atoms with Crippen molar-refractivity contribution in [3.8, 4) is 5.75 Å². The molecule has 4 nitrogen and oxygen atoms in total. The van der Waals surface area contributed by atoms with Crippen LogP contribution in [0.5, 0.6) is 5.75 Å². The van der Waals surface area contributed by atoms with Crippen LogP contribution in [0.25, 0.3) is 0 Å². The highest BCUT2D eigenvalue weighted by molar-refractivity contribution is 5.92. The van der Waals surface area contributed by atoms with E-state index in [9.17, 15) is 13.6 Å². The van der Waals surface area contributed by atoms with Gasteiger partial charge in [-0.3, -0.25) is 9.69 Å². The lowest BCUT2D eigenvalue weighted by Crippen LogP contribution is -2.33. The van der Waals surface area contributed by atoms with E-state index in [4.69, 9.17) is 4.74 Å². The maximum absolute atomic E-state index is 13.2. The van der Waals surface area contributed by atoms with Crippen molar-refractivity contribution in [2.24, 2.45) is 0 Å². The average molecular weight is 346 g/mol. The van der Waals surface area contributed by atoms with Gasteiger partial charge in [-0.25, -0.2) is 8.78 Å². The van der Waals surface area contributed by atoms with Gasteiger partial charge in [-0.15, -0.1) is 0 Å². The van der Waals surface area contributed by atoms with Crippen LogP contribution in [-0.4, -0.2) is 31.0 Å². The number of likely N-dealkylation sites (tertiary alicyclic amines) is 1. The number of amides is 1. The van der Waals surface area contributed by atoms with Crippen molar-refractivity contribution in [2.45, 2.75) is 18.9 Å². The topological polar surface area (TPSA) is 41.6 Å². The van der Waals surface area contributed by atoms with Crippen LogP contribution in [0.2, 0.25) is 0 Å². The molecule has 1 N–H and O–H groups in total. The molecule has 1 atom stereocenters. The van der Waals surface area contributed by atoms with Crippen molar-refractivity contribution in [3.05, 3.63) is 59.7 Å². The van der Waals surface area contributed by atoms with Crippen LogP contribution < -0.4 is 10.1 Å². The fraction of sp³-hybridized carbons (Fsp3) is 0.316. The SMILES string of the molecule is COc1cccc([C@@H]2CCCN2CC(=O)Nc2ccc(F)c(F)c2)c1. The summed E-state index contributed by atoms with van der Waals surface area (Å²) in [6.45, 7) is 1.01. The minimum atomic E-state index is -0.978. The van der Waals surface area contributed by atoms with Gasteiger partial charge in [0.25, 0.3) is 0 Å². The Hall–Kier alpha value is -2.47. The van der Waals surface area contributed by atoms with E-state index in [-0.39, 0.29) is 24.2 Å². The predicted octanol–water partition coefficient (Wildman–Crippen LogP) is 3.75. The Bertz CT molecular complexity index is 767. The van der Waals surface area contributed by atoms with Gasteiger partial charge in [-0.1, -0.05) is 12.1 Å². The van der Waals surface area contributed by atoms with E-state index in [1.54, 1.807) is 7.11 Å². The molecule has 0 saturated carbocycles. The van der Waals surface area contributed by atoms with Crippen LogP contribution in [0.15, 0.2) is 42.5 Å². The summed E-state index contributed by atoms with van der Waals surface area (Å²) in [5.41, 5.74) is 1.36. The van der Waals surface area contributed by atoms with Crippen molar-refractivity contribution in [1.29, 1.82) is 0 Å². The minimum Gasteiger partial charge on any atom is -0.497 e. The molecule has 1 saturated heterocycles. The highest BCUT2D eigenvalue weighted by Gasteiger charge is 2.27.